The standard InChI is InChI=1S/C17H34O/c1-4-6-8-9-10-11-12-13-14-15-17(3)18-16-7-5-2/h9-10,17H,4-8,11-16H2,1-3H3. The van der Waals surface area contributed by atoms with E-state index < -0.39 is 0 Å². The van der Waals surface area contributed by atoms with Gasteiger partial charge >= 0.3 is 0 Å². The first kappa shape index (κ1) is 17.7. The Labute approximate surface area is 115 Å². The fourth-order valence-electron chi connectivity index (χ4n) is 1.94. The summed E-state index contributed by atoms with van der Waals surface area (Å²) < 4.78 is 5.74. The first-order chi connectivity index (χ1) is 8.81. The van der Waals surface area contributed by atoms with Gasteiger partial charge in [-0.25, -0.2) is 0 Å². The third kappa shape index (κ3) is 13.8. The number of allylic oxidation sites excluding steroid dienone is 2. The summed E-state index contributed by atoms with van der Waals surface area (Å²) in [4.78, 5) is 0. The molecule has 0 aliphatic carbocycles. The van der Waals surface area contributed by atoms with Gasteiger partial charge in [0.2, 0.25) is 0 Å². The van der Waals surface area contributed by atoms with Crippen LogP contribution >= 0.6 is 0 Å². The van der Waals surface area contributed by atoms with Crippen molar-refractivity contribution in [2.24, 2.45) is 0 Å². The lowest BCUT2D eigenvalue weighted by molar-refractivity contribution is 0.0566. The van der Waals surface area contributed by atoms with Crippen molar-refractivity contribution in [3.63, 3.8) is 0 Å². The summed E-state index contributed by atoms with van der Waals surface area (Å²) in [6, 6.07) is 0. The van der Waals surface area contributed by atoms with Crippen molar-refractivity contribution in [1.29, 1.82) is 0 Å². The first-order valence-electron chi connectivity index (χ1n) is 8.07. The molecule has 0 aromatic heterocycles. The van der Waals surface area contributed by atoms with Gasteiger partial charge in [-0.05, 0) is 39.0 Å². The van der Waals surface area contributed by atoms with Crippen LogP contribution in [0.25, 0.3) is 0 Å². The Morgan fingerprint density at radius 3 is 2.17 bits per heavy atom. The van der Waals surface area contributed by atoms with Crippen molar-refractivity contribution in [3.8, 4) is 0 Å². The van der Waals surface area contributed by atoms with Gasteiger partial charge in [-0.2, -0.15) is 0 Å². The SMILES string of the molecule is CCCCC=CCCCCCC(C)OCCCC. The minimum atomic E-state index is 0.455. The Hall–Kier alpha value is -0.300. The molecule has 0 saturated carbocycles. The monoisotopic (exact) mass is 254 g/mol. The lowest BCUT2D eigenvalue weighted by atomic mass is 10.1. The quantitative estimate of drug-likeness (QED) is 0.294. The molecule has 0 aromatic rings. The molecular formula is C17H34O. The van der Waals surface area contributed by atoms with Crippen LogP contribution in [0.2, 0.25) is 0 Å². The largest absolute Gasteiger partial charge is 0.379 e. The zero-order valence-electron chi connectivity index (χ0n) is 12.9. The second kappa shape index (κ2) is 14.8. The number of hydrogen-bond acceptors (Lipinski definition) is 1. The third-order valence-corrected chi connectivity index (χ3v) is 3.27. The summed E-state index contributed by atoms with van der Waals surface area (Å²) in [6.45, 7) is 7.61. The van der Waals surface area contributed by atoms with Crippen molar-refractivity contribution in [2.75, 3.05) is 6.61 Å². The molecule has 18 heavy (non-hydrogen) atoms. The maximum absolute atomic E-state index is 5.74. The van der Waals surface area contributed by atoms with Gasteiger partial charge in [0.1, 0.15) is 0 Å². The highest BCUT2D eigenvalue weighted by molar-refractivity contribution is 4.81. The summed E-state index contributed by atoms with van der Waals surface area (Å²) in [5, 5.41) is 0. The molecule has 108 valence electrons. The lowest BCUT2D eigenvalue weighted by Crippen LogP contribution is -2.08. The van der Waals surface area contributed by atoms with Gasteiger partial charge in [0.05, 0.1) is 6.10 Å². The van der Waals surface area contributed by atoms with E-state index in [9.17, 15) is 0 Å². The molecule has 0 radical (unpaired) electrons. The van der Waals surface area contributed by atoms with Crippen molar-refractivity contribution >= 4 is 0 Å². The van der Waals surface area contributed by atoms with Crippen LogP contribution < -0.4 is 0 Å². The fourth-order valence-corrected chi connectivity index (χ4v) is 1.94. The minimum absolute atomic E-state index is 0.455. The van der Waals surface area contributed by atoms with Crippen LogP contribution in [0.5, 0.6) is 0 Å². The summed E-state index contributed by atoms with van der Waals surface area (Å²) in [7, 11) is 0. The Balaban J connectivity index is 3.16. The van der Waals surface area contributed by atoms with Crippen molar-refractivity contribution < 1.29 is 4.74 Å². The molecular weight excluding hydrogens is 220 g/mol. The van der Waals surface area contributed by atoms with Gasteiger partial charge in [0.25, 0.3) is 0 Å². The van der Waals surface area contributed by atoms with E-state index in [1.165, 1.54) is 64.2 Å². The van der Waals surface area contributed by atoms with Crippen LogP contribution in [-0.2, 0) is 4.74 Å². The average Bonchev–Trinajstić information content (AvgIpc) is 2.37. The van der Waals surface area contributed by atoms with E-state index in [1.54, 1.807) is 0 Å². The third-order valence-electron chi connectivity index (χ3n) is 3.27. The van der Waals surface area contributed by atoms with Crippen LogP contribution in [0, 0.1) is 0 Å². The Morgan fingerprint density at radius 2 is 1.50 bits per heavy atom. The average molecular weight is 254 g/mol. The van der Waals surface area contributed by atoms with Crippen molar-refractivity contribution in [1.82, 2.24) is 0 Å². The van der Waals surface area contributed by atoms with Crippen LogP contribution in [-0.4, -0.2) is 12.7 Å². The van der Waals surface area contributed by atoms with E-state index in [4.69, 9.17) is 4.74 Å². The summed E-state index contributed by atoms with van der Waals surface area (Å²) in [6.07, 6.45) is 18.0. The van der Waals surface area contributed by atoms with E-state index >= 15 is 0 Å². The van der Waals surface area contributed by atoms with Gasteiger partial charge in [-0.1, -0.05) is 58.1 Å². The van der Waals surface area contributed by atoms with Gasteiger partial charge < -0.3 is 4.74 Å². The highest BCUT2D eigenvalue weighted by Crippen LogP contribution is 2.09. The van der Waals surface area contributed by atoms with Crippen LogP contribution in [0.3, 0.4) is 0 Å². The highest BCUT2D eigenvalue weighted by atomic mass is 16.5. The van der Waals surface area contributed by atoms with Crippen LogP contribution in [0.15, 0.2) is 12.2 Å². The molecule has 0 aromatic carbocycles. The van der Waals surface area contributed by atoms with Gasteiger partial charge in [-0.15, -0.1) is 0 Å². The van der Waals surface area contributed by atoms with E-state index in [-0.39, 0.29) is 0 Å². The topological polar surface area (TPSA) is 9.23 Å². The second-order valence-corrected chi connectivity index (χ2v) is 5.29. The molecule has 1 heteroatoms. The summed E-state index contributed by atoms with van der Waals surface area (Å²) in [5.74, 6) is 0. The first-order valence-corrected chi connectivity index (χ1v) is 8.07. The zero-order valence-corrected chi connectivity index (χ0v) is 12.9. The number of ether oxygens (including phenoxy) is 1. The maximum Gasteiger partial charge on any atom is 0.0547 e. The van der Waals surface area contributed by atoms with Gasteiger partial charge in [-0.3, -0.25) is 0 Å². The second-order valence-electron chi connectivity index (χ2n) is 5.29. The van der Waals surface area contributed by atoms with E-state index in [1.807, 2.05) is 0 Å². The molecule has 0 heterocycles. The maximum atomic E-state index is 5.74. The van der Waals surface area contributed by atoms with E-state index in [0.717, 1.165) is 6.61 Å². The molecule has 1 nitrogen and oxygen atoms in total. The number of hydrogen-bond donors (Lipinski definition) is 0. The Kier molecular flexibility index (Phi) is 14.5. The normalized spacial score (nSPS) is 13.3. The van der Waals surface area contributed by atoms with Crippen molar-refractivity contribution in [2.45, 2.75) is 91.1 Å². The molecule has 1 unspecified atom stereocenters. The highest BCUT2D eigenvalue weighted by Gasteiger charge is 2.00. The number of rotatable bonds is 13. The van der Waals surface area contributed by atoms with Crippen LogP contribution in [0.1, 0.15) is 85.0 Å². The molecule has 0 rings (SSSR count). The number of unbranched alkanes of at least 4 members (excludes halogenated alkanes) is 6. The lowest BCUT2D eigenvalue weighted by Gasteiger charge is -2.12. The van der Waals surface area contributed by atoms with E-state index in [0.29, 0.717) is 6.10 Å². The zero-order chi connectivity index (χ0) is 13.5. The molecule has 0 saturated heterocycles. The molecule has 0 spiro atoms. The minimum Gasteiger partial charge on any atom is -0.379 e. The molecule has 0 fully saturated rings. The molecule has 0 bridgehead atoms. The summed E-state index contributed by atoms with van der Waals surface area (Å²) >= 11 is 0. The molecule has 0 aliphatic heterocycles. The van der Waals surface area contributed by atoms with Crippen molar-refractivity contribution in [3.05, 3.63) is 12.2 Å². The van der Waals surface area contributed by atoms with Gasteiger partial charge in [0, 0.05) is 6.61 Å². The summed E-state index contributed by atoms with van der Waals surface area (Å²) in [5.41, 5.74) is 0. The smallest absolute Gasteiger partial charge is 0.0547 e. The van der Waals surface area contributed by atoms with Gasteiger partial charge in [0.15, 0.2) is 0 Å². The predicted molar refractivity (Wildman–Crippen MR) is 82.1 cm³/mol. The van der Waals surface area contributed by atoms with Crippen LogP contribution in [0.4, 0.5) is 0 Å². The molecule has 0 amide bonds. The predicted octanol–water partition coefficient (Wildman–Crippen LogP) is 5.89. The molecule has 0 N–H and O–H groups in total. The Bertz CT molecular complexity index is 174. The molecule has 0 aliphatic rings. The fraction of sp³-hybridized carbons (Fsp3) is 0.882. The molecule has 1 atom stereocenters. The van der Waals surface area contributed by atoms with E-state index in [2.05, 4.69) is 32.9 Å². The Morgan fingerprint density at radius 1 is 0.833 bits per heavy atom.